The van der Waals surface area contributed by atoms with Gasteiger partial charge in [-0.15, -0.1) is 0 Å². The number of halogens is 1. The summed E-state index contributed by atoms with van der Waals surface area (Å²) in [7, 11) is 0. The summed E-state index contributed by atoms with van der Waals surface area (Å²) in [5.41, 5.74) is 6.35. The van der Waals surface area contributed by atoms with E-state index in [1.54, 1.807) is 6.07 Å². The van der Waals surface area contributed by atoms with Gasteiger partial charge in [-0.05, 0) is 36.4 Å². The van der Waals surface area contributed by atoms with Crippen molar-refractivity contribution in [1.29, 1.82) is 0 Å². The first kappa shape index (κ1) is 12.8. The van der Waals surface area contributed by atoms with Crippen molar-refractivity contribution in [2.24, 2.45) is 0 Å². The molecule has 0 aliphatic heterocycles. The van der Waals surface area contributed by atoms with Crippen molar-refractivity contribution in [2.45, 2.75) is 0 Å². The van der Waals surface area contributed by atoms with E-state index in [0.29, 0.717) is 18.9 Å². The Morgan fingerprint density at radius 1 is 0.889 bits per heavy atom. The molecule has 0 aliphatic rings. The summed E-state index contributed by atoms with van der Waals surface area (Å²) < 4.78 is 12.1. The Kier molecular flexibility index (Phi) is 4.47. The van der Waals surface area contributed by atoms with E-state index in [1.165, 1.54) is 0 Å². The van der Waals surface area contributed by atoms with Crippen LogP contribution in [0.25, 0.3) is 0 Å². The molecule has 2 rings (SSSR count). The minimum atomic E-state index is 0.486. The van der Waals surface area contributed by atoms with Gasteiger partial charge in [0.2, 0.25) is 0 Å². The highest BCUT2D eigenvalue weighted by Gasteiger charge is 1.96. The molecular formula is C14H14BrNO2. The van der Waals surface area contributed by atoms with Crippen molar-refractivity contribution in [3.63, 3.8) is 0 Å². The molecule has 0 spiro atoms. The Hall–Kier alpha value is -1.68. The first-order valence-electron chi connectivity index (χ1n) is 5.61. The Bertz CT molecular complexity index is 499. The molecule has 0 aliphatic carbocycles. The van der Waals surface area contributed by atoms with Crippen LogP contribution in [-0.2, 0) is 0 Å². The van der Waals surface area contributed by atoms with Gasteiger partial charge in [0.15, 0.2) is 0 Å². The van der Waals surface area contributed by atoms with Gasteiger partial charge in [0.1, 0.15) is 24.7 Å². The zero-order valence-corrected chi connectivity index (χ0v) is 11.4. The normalized spacial score (nSPS) is 10.1. The molecule has 2 aromatic carbocycles. The number of rotatable bonds is 5. The molecule has 0 amide bonds. The van der Waals surface area contributed by atoms with Crippen LogP contribution in [0.15, 0.2) is 53.0 Å². The zero-order chi connectivity index (χ0) is 12.8. The fourth-order valence-electron chi connectivity index (χ4n) is 1.45. The van der Waals surface area contributed by atoms with Crippen LogP contribution in [0.5, 0.6) is 11.5 Å². The maximum absolute atomic E-state index is 5.65. The quantitative estimate of drug-likeness (QED) is 0.679. The maximum atomic E-state index is 5.65. The Labute approximate surface area is 115 Å². The van der Waals surface area contributed by atoms with Gasteiger partial charge in [0.25, 0.3) is 0 Å². The number of nitrogens with two attached hydrogens (primary N) is 1. The summed E-state index contributed by atoms with van der Waals surface area (Å²) in [6.07, 6.45) is 0. The third-order valence-electron chi connectivity index (χ3n) is 2.29. The number of nitrogen functional groups attached to an aromatic ring is 1. The van der Waals surface area contributed by atoms with E-state index in [-0.39, 0.29) is 0 Å². The third kappa shape index (κ3) is 3.96. The number of hydrogen-bond acceptors (Lipinski definition) is 3. The van der Waals surface area contributed by atoms with E-state index >= 15 is 0 Å². The van der Waals surface area contributed by atoms with Crippen LogP contribution < -0.4 is 15.2 Å². The van der Waals surface area contributed by atoms with Crippen LogP contribution in [-0.4, -0.2) is 13.2 Å². The van der Waals surface area contributed by atoms with Crippen LogP contribution in [0.2, 0.25) is 0 Å². The molecule has 0 bridgehead atoms. The standard InChI is InChI=1S/C14H14BrNO2/c15-11-4-6-13(7-5-11)17-8-9-18-14-3-1-2-12(16)10-14/h1-7,10H,8-9,16H2. The van der Waals surface area contributed by atoms with E-state index in [4.69, 9.17) is 15.2 Å². The SMILES string of the molecule is Nc1cccc(OCCOc2ccc(Br)cc2)c1. The molecule has 0 heterocycles. The van der Waals surface area contributed by atoms with Crippen molar-refractivity contribution in [3.8, 4) is 11.5 Å². The fourth-order valence-corrected chi connectivity index (χ4v) is 1.72. The third-order valence-corrected chi connectivity index (χ3v) is 2.82. The van der Waals surface area contributed by atoms with Crippen LogP contribution >= 0.6 is 15.9 Å². The molecule has 0 saturated heterocycles. The Morgan fingerprint density at radius 2 is 1.56 bits per heavy atom. The van der Waals surface area contributed by atoms with Gasteiger partial charge >= 0.3 is 0 Å². The smallest absolute Gasteiger partial charge is 0.122 e. The van der Waals surface area contributed by atoms with E-state index < -0.39 is 0 Å². The van der Waals surface area contributed by atoms with Gasteiger partial charge in [-0.3, -0.25) is 0 Å². The van der Waals surface area contributed by atoms with Crippen molar-refractivity contribution in [3.05, 3.63) is 53.0 Å². The van der Waals surface area contributed by atoms with E-state index in [9.17, 15) is 0 Å². The predicted molar refractivity (Wildman–Crippen MR) is 76.0 cm³/mol. The minimum Gasteiger partial charge on any atom is -0.490 e. The minimum absolute atomic E-state index is 0.486. The van der Waals surface area contributed by atoms with Crippen molar-refractivity contribution in [2.75, 3.05) is 18.9 Å². The summed E-state index contributed by atoms with van der Waals surface area (Å²) in [6.45, 7) is 0.982. The lowest BCUT2D eigenvalue weighted by molar-refractivity contribution is 0.217. The monoisotopic (exact) mass is 307 g/mol. The molecule has 4 heteroatoms. The molecule has 0 aromatic heterocycles. The number of ether oxygens (including phenoxy) is 2. The lowest BCUT2D eigenvalue weighted by atomic mass is 10.3. The number of benzene rings is 2. The van der Waals surface area contributed by atoms with Gasteiger partial charge in [0, 0.05) is 16.2 Å². The van der Waals surface area contributed by atoms with Crippen molar-refractivity contribution in [1.82, 2.24) is 0 Å². The van der Waals surface area contributed by atoms with Crippen molar-refractivity contribution >= 4 is 21.6 Å². The second kappa shape index (κ2) is 6.31. The second-order valence-corrected chi connectivity index (χ2v) is 4.64. The molecule has 2 N–H and O–H groups in total. The van der Waals surface area contributed by atoms with Crippen molar-refractivity contribution < 1.29 is 9.47 Å². The molecule has 18 heavy (non-hydrogen) atoms. The second-order valence-electron chi connectivity index (χ2n) is 3.72. The average Bonchev–Trinajstić information content (AvgIpc) is 2.37. The number of anilines is 1. The first-order chi connectivity index (χ1) is 8.74. The fraction of sp³-hybridized carbons (Fsp3) is 0.143. The van der Waals surface area contributed by atoms with E-state index in [2.05, 4.69) is 15.9 Å². The summed E-state index contributed by atoms with van der Waals surface area (Å²) >= 11 is 3.37. The summed E-state index contributed by atoms with van der Waals surface area (Å²) in [4.78, 5) is 0. The van der Waals surface area contributed by atoms with Gasteiger partial charge < -0.3 is 15.2 Å². The Balaban J connectivity index is 1.74. The lowest BCUT2D eigenvalue weighted by Gasteiger charge is -2.08. The molecular weight excluding hydrogens is 294 g/mol. The van der Waals surface area contributed by atoms with Gasteiger partial charge in [0.05, 0.1) is 0 Å². The predicted octanol–water partition coefficient (Wildman–Crippen LogP) is 3.49. The van der Waals surface area contributed by atoms with Crippen LogP contribution in [0, 0.1) is 0 Å². The first-order valence-corrected chi connectivity index (χ1v) is 6.40. The highest BCUT2D eigenvalue weighted by atomic mass is 79.9. The molecule has 0 fully saturated rings. The molecule has 3 nitrogen and oxygen atoms in total. The molecule has 0 radical (unpaired) electrons. The topological polar surface area (TPSA) is 44.5 Å². The lowest BCUT2D eigenvalue weighted by Crippen LogP contribution is -2.09. The molecule has 0 saturated carbocycles. The largest absolute Gasteiger partial charge is 0.490 e. The molecule has 0 atom stereocenters. The summed E-state index contributed by atoms with van der Waals surface area (Å²) in [5, 5.41) is 0. The highest BCUT2D eigenvalue weighted by molar-refractivity contribution is 9.10. The maximum Gasteiger partial charge on any atom is 0.122 e. The van der Waals surface area contributed by atoms with Crippen LogP contribution in [0.1, 0.15) is 0 Å². The Morgan fingerprint density at radius 3 is 2.22 bits per heavy atom. The van der Waals surface area contributed by atoms with E-state index in [1.807, 2.05) is 42.5 Å². The zero-order valence-electron chi connectivity index (χ0n) is 9.80. The van der Waals surface area contributed by atoms with E-state index in [0.717, 1.165) is 16.0 Å². The highest BCUT2D eigenvalue weighted by Crippen LogP contribution is 2.17. The van der Waals surface area contributed by atoms with Gasteiger partial charge in [-0.25, -0.2) is 0 Å². The summed E-state index contributed by atoms with van der Waals surface area (Å²) in [5.74, 6) is 1.59. The average molecular weight is 308 g/mol. The van der Waals surface area contributed by atoms with Crippen LogP contribution in [0.4, 0.5) is 5.69 Å². The van der Waals surface area contributed by atoms with Crippen LogP contribution in [0.3, 0.4) is 0 Å². The van der Waals surface area contributed by atoms with Gasteiger partial charge in [-0.1, -0.05) is 22.0 Å². The number of hydrogen-bond donors (Lipinski definition) is 1. The molecule has 2 aromatic rings. The summed E-state index contributed by atoms with van der Waals surface area (Å²) in [6, 6.07) is 15.0. The van der Waals surface area contributed by atoms with Gasteiger partial charge in [-0.2, -0.15) is 0 Å². The molecule has 0 unspecified atom stereocenters. The molecule has 94 valence electrons.